The van der Waals surface area contributed by atoms with Gasteiger partial charge in [-0.1, -0.05) is 50.0 Å². The second kappa shape index (κ2) is 5.42. The van der Waals surface area contributed by atoms with Gasteiger partial charge in [0.1, 0.15) is 5.82 Å². The second-order valence-electron chi connectivity index (χ2n) is 5.31. The van der Waals surface area contributed by atoms with Crippen LogP contribution in [0.4, 0.5) is 5.69 Å². The summed E-state index contributed by atoms with van der Waals surface area (Å²) in [6, 6.07) is 4.98. The summed E-state index contributed by atoms with van der Waals surface area (Å²) in [5.74, 6) is 0.213. The number of carbonyl (C=O) groups excluding carboxylic acids is 1. The lowest BCUT2D eigenvalue weighted by Gasteiger charge is -2.12. The van der Waals surface area contributed by atoms with Crippen LogP contribution in [0.5, 0.6) is 0 Å². The maximum Gasteiger partial charge on any atom is 0.295 e. The van der Waals surface area contributed by atoms with Crippen LogP contribution in [0.25, 0.3) is 0 Å². The number of benzene rings is 1. The maximum atomic E-state index is 12.1. The molecule has 0 unspecified atom stereocenters. The summed E-state index contributed by atoms with van der Waals surface area (Å²) in [6.07, 6.45) is 0. The van der Waals surface area contributed by atoms with Gasteiger partial charge in [-0.2, -0.15) is 0 Å². The van der Waals surface area contributed by atoms with Gasteiger partial charge in [-0.05, 0) is 12.1 Å². The van der Waals surface area contributed by atoms with Gasteiger partial charge in [-0.25, -0.2) is 4.98 Å². The van der Waals surface area contributed by atoms with Crippen molar-refractivity contribution in [2.45, 2.75) is 26.2 Å². The quantitative estimate of drug-likeness (QED) is 0.889. The van der Waals surface area contributed by atoms with Gasteiger partial charge in [0.2, 0.25) is 5.82 Å². The first-order chi connectivity index (χ1) is 9.29. The van der Waals surface area contributed by atoms with E-state index in [2.05, 4.69) is 20.5 Å². The van der Waals surface area contributed by atoms with Gasteiger partial charge in [-0.15, -0.1) is 5.10 Å². The summed E-state index contributed by atoms with van der Waals surface area (Å²) in [7, 11) is 0. The lowest BCUT2D eigenvalue weighted by molar-refractivity contribution is 0.101. The molecule has 0 saturated carbocycles. The highest BCUT2D eigenvalue weighted by Gasteiger charge is 2.22. The monoisotopic (exact) mass is 312 g/mol. The van der Waals surface area contributed by atoms with E-state index in [4.69, 9.17) is 23.2 Å². The molecule has 20 heavy (non-hydrogen) atoms. The molecule has 0 bridgehead atoms. The third kappa shape index (κ3) is 3.11. The Balaban J connectivity index is 2.23. The molecule has 1 heterocycles. The van der Waals surface area contributed by atoms with Crippen molar-refractivity contribution >= 4 is 34.8 Å². The van der Waals surface area contributed by atoms with Crippen LogP contribution in [0, 0.1) is 0 Å². The lowest BCUT2D eigenvalue weighted by atomic mass is 9.96. The second-order valence-corrected chi connectivity index (χ2v) is 6.12. The van der Waals surface area contributed by atoms with Crippen molar-refractivity contribution in [1.29, 1.82) is 0 Å². The Kier molecular flexibility index (Phi) is 4.01. The average molecular weight is 313 g/mol. The van der Waals surface area contributed by atoms with Crippen molar-refractivity contribution in [3.05, 3.63) is 39.9 Å². The number of anilines is 1. The number of hydrogen-bond acceptors (Lipinski definition) is 3. The molecule has 1 amide bonds. The molecule has 5 nitrogen and oxygen atoms in total. The molecule has 0 fully saturated rings. The van der Waals surface area contributed by atoms with Crippen molar-refractivity contribution in [1.82, 2.24) is 15.2 Å². The molecule has 0 saturated heterocycles. The molecule has 2 aromatic rings. The lowest BCUT2D eigenvalue weighted by Crippen LogP contribution is -2.16. The van der Waals surface area contributed by atoms with Crippen molar-refractivity contribution < 1.29 is 4.79 Å². The largest absolute Gasteiger partial charge is 0.317 e. The molecule has 0 aliphatic heterocycles. The van der Waals surface area contributed by atoms with Gasteiger partial charge >= 0.3 is 0 Å². The van der Waals surface area contributed by atoms with E-state index in [1.54, 1.807) is 18.2 Å². The van der Waals surface area contributed by atoms with Crippen LogP contribution in [-0.4, -0.2) is 21.1 Å². The topological polar surface area (TPSA) is 70.7 Å². The number of aromatic nitrogens is 3. The number of halogens is 2. The first-order valence-electron chi connectivity index (χ1n) is 5.97. The Labute approximate surface area is 126 Å². The molecule has 0 aliphatic rings. The highest BCUT2D eigenvalue weighted by Crippen LogP contribution is 2.30. The van der Waals surface area contributed by atoms with Crippen LogP contribution in [0.1, 0.15) is 37.2 Å². The standard InChI is InChI=1S/C13H14Cl2N4O/c1-13(2,3)12-17-10(18-19-12)11(20)16-9-7(14)5-4-6-8(9)15/h4-6H,1-3H3,(H,16,20)(H,17,18,19). The molecule has 1 aromatic carbocycles. The Morgan fingerprint density at radius 3 is 2.35 bits per heavy atom. The summed E-state index contributed by atoms with van der Waals surface area (Å²) in [6.45, 7) is 5.92. The molecule has 0 aliphatic carbocycles. The summed E-state index contributed by atoms with van der Waals surface area (Å²) >= 11 is 12.0. The first kappa shape index (κ1) is 14.8. The minimum absolute atomic E-state index is 0.0471. The van der Waals surface area contributed by atoms with E-state index >= 15 is 0 Å². The number of aromatic amines is 1. The van der Waals surface area contributed by atoms with E-state index < -0.39 is 5.91 Å². The fraction of sp³-hybridized carbons (Fsp3) is 0.308. The SMILES string of the molecule is CC(C)(C)c1nc(C(=O)Nc2c(Cl)cccc2Cl)n[nH]1. The summed E-state index contributed by atoms with van der Waals surface area (Å²) < 4.78 is 0. The zero-order valence-electron chi connectivity index (χ0n) is 11.3. The van der Waals surface area contributed by atoms with Gasteiger partial charge in [0.05, 0.1) is 15.7 Å². The molecule has 0 spiro atoms. The van der Waals surface area contributed by atoms with Gasteiger partial charge in [-0.3, -0.25) is 9.89 Å². The number of hydrogen-bond donors (Lipinski definition) is 2. The zero-order chi connectivity index (χ0) is 14.9. The molecule has 2 N–H and O–H groups in total. The summed E-state index contributed by atoms with van der Waals surface area (Å²) in [4.78, 5) is 16.3. The number of rotatable bonds is 2. The number of nitrogens with one attached hydrogen (secondary N) is 2. The summed E-state index contributed by atoms with van der Waals surface area (Å²) in [5, 5.41) is 9.99. The number of carbonyl (C=O) groups is 1. The van der Waals surface area contributed by atoms with Crippen LogP contribution < -0.4 is 5.32 Å². The number of para-hydroxylation sites is 1. The molecule has 2 rings (SSSR count). The Bertz CT molecular complexity index is 626. The van der Waals surface area contributed by atoms with Crippen LogP contribution in [-0.2, 0) is 5.41 Å². The Hall–Kier alpha value is -1.59. The van der Waals surface area contributed by atoms with Crippen LogP contribution >= 0.6 is 23.2 Å². The first-order valence-corrected chi connectivity index (χ1v) is 6.73. The summed E-state index contributed by atoms with van der Waals surface area (Å²) in [5.41, 5.74) is 0.135. The predicted octanol–water partition coefficient (Wildman–Crippen LogP) is 3.66. The van der Waals surface area contributed by atoms with E-state index in [9.17, 15) is 4.79 Å². The average Bonchev–Trinajstić information content (AvgIpc) is 2.83. The normalized spacial score (nSPS) is 11.4. The van der Waals surface area contributed by atoms with Crippen molar-refractivity contribution in [2.24, 2.45) is 0 Å². The maximum absolute atomic E-state index is 12.1. The minimum Gasteiger partial charge on any atom is -0.317 e. The number of nitrogens with zero attached hydrogens (tertiary/aromatic N) is 2. The Morgan fingerprint density at radius 2 is 1.85 bits per heavy atom. The van der Waals surface area contributed by atoms with E-state index in [1.807, 2.05) is 20.8 Å². The van der Waals surface area contributed by atoms with Gasteiger partial charge in [0.15, 0.2) is 0 Å². The van der Waals surface area contributed by atoms with E-state index in [-0.39, 0.29) is 11.2 Å². The van der Waals surface area contributed by atoms with Crippen molar-refractivity contribution in [3.8, 4) is 0 Å². The molecule has 7 heteroatoms. The number of H-pyrrole nitrogens is 1. The Morgan fingerprint density at radius 1 is 1.25 bits per heavy atom. The minimum atomic E-state index is -0.466. The zero-order valence-corrected chi connectivity index (χ0v) is 12.8. The van der Waals surface area contributed by atoms with Gasteiger partial charge in [0, 0.05) is 5.41 Å². The van der Waals surface area contributed by atoms with E-state index in [0.29, 0.717) is 21.6 Å². The molecular formula is C13H14Cl2N4O. The molecule has 1 aromatic heterocycles. The molecule has 0 radical (unpaired) electrons. The van der Waals surface area contributed by atoms with Crippen molar-refractivity contribution in [2.75, 3.05) is 5.32 Å². The van der Waals surface area contributed by atoms with Gasteiger partial charge < -0.3 is 5.32 Å². The molecule has 106 valence electrons. The molecule has 0 atom stereocenters. The van der Waals surface area contributed by atoms with E-state index in [1.165, 1.54) is 0 Å². The number of amides is 1. The highest BCUT2D eigenvalue weighted by atomic mass is 35.5. The smallest absolute Gasteiger partial charge is 0.295 e. The molecular weight excluding hydrogens is 299 g/mol. The fourth-order valence-corrected chi connectivity index (χ4v) is 1.98. The van der Waals surface area contributed by atoms with E-state index in [0.717, 1.165) is 0 Å². The van der Waals surface area contributed by atoms with Gasteiger partial charge in [0.25, 0.3) is 5.91 Å². The van der Waals surface area contributed by atoms with Crippen LogP contribution in [0.15, 0.2) is 18.2 Å². The fourth-order valence-electron chi connectivity index (χ4n) is 1.49. The van der Waals surface area contributed by atoms with Crippen LogP contribution in [0.3, 0.4) is 0 Å². The van der Waals surface area contributed by atoms with Crippen molar-refractivity contribution in [3.63, 3.8) is 0 Å². The highest BCUT2D eigenvalue weighted by molar-refractivity contribution is 6.39. The van der Waals surface area contributed by atoms with Crippen LogP contribution in [0.2, 0.25) is 10.0 Å². The predicted molar refractivity (Wildman–Crippen MR) is 79.5 cm³/mol. The third-order valence-corrected chi connectivity index (χ3v) is 3.23. The third-order valence-electron chi connectivity index (χ3n) is 2.60.